The maximum atomic E-state index is 11.9. The molecule has 1 aromatic rings. The Kier molecular flexibility index (Phi) is 3.56. The molecule has 0 aromatic carbocycles. The smallest absolute Gasteiger partial charge is 0.226 e. The van der Waals surface area contributed by atoms with Gasteiger partial charge in [0.05, 0.1) is 18.2 Å². The number of rotatable bonds is 4. The van der Waals surface area contributed by atoms with E-state index in [-0.39, 0.29) is 17.9 Å². The van der Waals surface area contributed by atoms with Crippen LogP contribution in [-0.4, -0.2) is 28.8 Å². The molecule has 1 aromatic heterocycles. The second kappa shape index (κ2) is 5.12. The third-order valence-corrected chi connectivity index (χ3v) is 2.97. The molecule has 2 N–H and O–H groups in total. The molecule has 1 fully saturated rings. The number of carbonyl (C=O) groups is 1. The SMILES string of the molecule is CCC1OCCC1C(=O)NCc1cn[nH]c1. The van der Waals surface area contributed by atoms with E-state index in [1.165, 1.54) is 0 Å². The Bertz CT molecular complexity index is 337. The lowest BCUT2D eigenvalue weighted by atomic mass is 9.99. The maximum Gasteiger partial charge on any atom is 0.226 e. The van der Waals surface area contributed by atoms with Gasteiger partial charge in [0.1, 0.15) is 0 Å². The van der Waals surface area contributed by atoms with E-state index >= 15 is 0 Å². The summed E-state index contributed by atoms with van der Waals surface area (Å²) in [6.07, 6.45) is 5.30. The minimum absolute atomic E-state index is 0.0110. The highest BCUT2D eigenvalue weighted by Crippen LogP contribution is 2.23. The molecule has 5 nitrogen and oxygen atoms in total. The maximum absolute atomic E-state index is 11.9. The van der Waals surface area contributed by atoms with Gasteiger partial charge in [0.25, 0.3) is 0 Å². The molecule has 0 bridgehead atoms. The van der Waals surface area contributed by atoms with Crippen LogP contribution in [0, 0.1) is 5.92 Å². The van der Waals surface area contributed by atoms with Crippen LogP contribution in [0.1, 0.15) is 25.3 Å². The van der Waals surface area contributed by atoms with Crippen molar-refractivity contribution < 1.29 is 9.53 Å². The molecule has 5 heteroatoms. The van der Waals surface area contributed by atoms with Gasteiger partial charge in [-0.15, -0.1) is 0 Å². The largest absolute Gasteiger partial charge is 0.377 e. The van der Waals surface area contributed by atoms with Crippen LogP contribution in [0.2, 0.25) is 0 Å². The van der Waals surface area contributed by atoms with E-state index in [1.807, 2.05) is 6.92 Å². The highest BCUT2D eigenvalue weighted by molar-refractivity contribution is 5.79. The number of hydrogen-bond acceptors (Lipinski definition) is 3. The average Bonchev–Trinajstić information content (AvgIpc) is 2.96. The van der Waals surface area contributed by atoms with Crippen LogP contribution in [0.5, 0.6) is 0 Å². The second-order valence-electron chi connectivity index (χ2n) is 4.04. The normalized spacial score (nSPS) is 24.6. The molecule has 1 saturated heterocycles. The lowest BCUT2D eigenvalue weighted by molar-refractivity contribution is -0.126. The molecule has 2 rings (SSSR count). The Balaban J connectivity index is 1.83. The zero-order valence-electron chi connectivity index (χ0n) is 9.40. The van der Waals surface area contributed by atoms with Crippen LogP contribution in [0.15, 0.2) is 12.4 Å². The van der Waals surface area contributed by atoms with Gasteiger partial charge in [-0.2, -0.15) is 5.10 Å². The molecule has 16 heavy (non-hydrogen) atoms. The lowest BCUT2D eigenvalue weighted by Gasteiger charge is -2.15. The number of amides is 1. The Labute approximate surface area is 94.6 Å². The number of nitrogens with zero attached hydrogens (tertiary/aromatic N) is 1. The molecule has 1 aliphatic rings. The fraction of sp³-hybridized carbons (Fsp3) is 0.636. The highest BCUT2D eigenvalue weighted by Gasteiger charge is 2.32. The molecule has 0 saturated carbocycles. The summed E-state index contributed by atoms with van der Waals surface area (Å²) in [5, 5.41) is 9.46. The number of nitrogens with one attached hydrogen (secondary N) is 2. The van der Waals surface area contributed by atoms with Crippen LogP contribution in [0.3, 0.4) is 0 Å². The van der Waals surface area contributed by atoms with E-state index in [0.29, 0.717) is 13.2 Å². The van der Waals surface area contributed by atoms with Gasteiger partial charge in [-0.05, 0) is 12.8 Å². The van der Waals surface area contributed by atoms with Crippen LogP contribution < -0.4 is 5.32 Å². The van der Waals surface area contributed by atoms with Crippen LogP contribution in [-0.2, 0) is 16.1 Å². The van der Waals surface area contributed by atoms with Crippen molar-refractivity contribution in [1.82, 2.24) is 15.5 Å². The molecular formula is C11H17N3O2. The highest BCUT2D eigenvalue weighted by atomic mass is 16.5. The number of carbonyl (C=O) groups excluding carboxylic acids is 1. The third kappa shape index (κ3) is 2.41. The van der Waals surface area contributed by atoms with Crippen LogP contribution >= 0.6 is 0 Å². The van der Waals surface area contributed by atoms with E-state index in [1.54, 1.807) is 12.4 Å². The number of H-pyrrole nitrogens is 1. The second-order valence-corrected chi connectivity index (χ2v) is 4.04. The first kappa shape index (κ1) is 11.1. The van der Waals surface area contributed by atoms with Gasteiger partial charge in [-0.25, -0.2) is 0 Å². The van der Waals surface area contributed by atoms with Crippen LogP contribution in [0.25, 0.3) is 0 Å². The molecule has 0 spiro atoms. The van der Waals surface area contributed by atoms with Crippen molar-refractivity contribution >= 4 is 5.91 Å². The van der Waals surface area contributed by atoms with Crippen molar-refractivity contribution in [3.63, 3.8) is 0 Å². The first-order chi connectivity index (χ1) is 7.81. The summed E-state index contributed by atoms with van der Waals surface area (Å²) in [6.45, 7) is 3.27. The quantitative estimate of drug-likeness (QED) is 0.795. The molecule has 2 unspecified atom stereocenters. The van der Waals surface area contributed by atoms with Gasteiger partial charge in [-0.3, -0.25) is 9.89 Å². The monoisotopic (exact) mass is 223 g/mol. The van der Waals surface area contributed by atoms with Crippen molar-refractivity contribution in [1.29, 1.82) is 0 Å². The molecule has 2 heterocycles. The summed E-state index contributed by atoms with van der Waals surface area (Å²) >= 11 is 0. The van der Waals surface area contributed by atoms with Gasteiger partial charge in [-0.1, -0.05) is 6.92 Å². The van der Waals surface area contributed by atoms with Crippen LogP contribution in [0.4, 0.5) is 0 Å². The fourth-order valence-corrected chi connectivity index (χ4v) is 2.05. The average molecular weight is 223 g/mol. The van der Waals surface area contributed by atoms with Crippen molar-refractivity contribution in [3.05, 3.63) is 18.0 Å². The number of aromatic amines is 1. The van der Waals surface area contributed by atoms with E-state index in [0.717, 1.165) is 18.4 Å². The van der Waals surface area contributed by atoms with E-state index in [4.69, 9.17) is 4.74 Å². The zero-order chi connectivity index (χ0) is 11.4. The molecule has 2 atom stereocenters. The Hall–Kier alpha value is -1.36. The minimum Gasteiger partial charge on any atom is -0.377 e. The summed E-state index contributed by atoms with van der Waals surface area (Å²) < 4.78 is 5.49. The number of hydrogen-bond donors (Lipinski definition) is 2. The number of ether oxygens (including phenoxy) is 1. The standard InChI is InChI=1S/C11H17N3O2/c1-2-10-9(3-4-16-10)11(15)12-5-8-6-13-14-7-8/h6-7,9-10H,2-5H2,1H3,(H,12,15)(H,13,14). The van der Waals surface area contributed by atoms with E-state index in [2.05, 4.69) is 15.5 Å². The summed E-state index contributed by atoms with van der Waals surface area (Å²) in [4.78, 5) is 11.9. The van der Waals surface area contributed by atoms with E-state index in [9.17, 15) is 4.79 Å². The molecular weight excluding hydrogens is 206 g/mol. The molecule has 1 amide bonds. The summed E-state index contributed by atoms with van der Waals surface area (Å²) in [7, 11) is 0. The van der Waals surface area contributed by atoms with Gasteiger partial charge >= 0.3 is 0 Å². The predicted octanol–water partition coefficient (Wildman–Crippen LogP) is 0.841. The predicted molar refractivity (Wildman–Crippen MR) is 58.6 cm³/mol. The van der Waals surface area contributed by atoms with Gasteiger partial charge < -0.3 is 10.1 Å². The summed E-state index contributed by atoms with van der Waals surface area (Å²) in [6, 6.07) is 0. The molecule has 1 aliphatic heterocycles. The molecule has 88 valence electrons. The topological polar surface area (TPSA) is 67.0 Å². The lowest BCUT2D eigenvalue weighted by Crippen LogP contribution is -2.34. The fourth-order valence-electron chi connectivity index (χ4n) is 2.05. The molecule has 0 aliphatic carbocycles. The van der Waals surface area contributed by atoms with Crippen molar-refractivity contribution in [2.75, 3.05) is 6.61 Å². The van der Waals surface area contributed by atoms with Crippen molar-refractivity contribution in [2.24, 2.45) is 5.92 Å². The first-order valence-electron chi connectivity index (χ1n) is 5.68. The van der Waals surface area contributed by atoms with Gasteiger partial charge in [0.2, 0.25) is 5.91 Å². The first-order valence-corrected chi connectivity index (χ1v) is 5.68. The zero-order valence-corrected chi connectivity index (χ0v) is 9.40. The molecule has 0 radical (unpaired) electrons. The number of aromatic nitrogens is 2. The third-order valence-electron chi connectivity index (χ3n) is 2.97. The summed E-state index contributed by atoms with van der Waals surface area (Å²) in [5.41, 5.74) is 0.986. The van der Waals surface area contributed by atoms with Crippen molar-refractivity contribution in [2.45, 2.75) is 32.4 Å². The summed E-state index contributed by atoms with van der Waals surface area (Å²) in [5.74, 6) is 0.0995. The Morgan fingerprint density at radius 2 is 2.62 bits per heavy atom. The van der Waals surface area contributed by atoms with Crippen molar-refractivity contribution in [3.8, 4) is 0 Å². The minimum atomic E-state index is 0.0110. The Morgan fingerprint density at radius 3 is 3.31 bits per heavy atom. The van der Waals surface area contributed by atoms with Gasteiger partial charge in [0.15, 0.2) is 0 Å². The van der Waals surface area contributed by atoms with Gasteiger partial charge in [0, 0.05) is 24.9 Å². The Morgan fingerprint density at radius 1 is 1.75 bits per heavy atom. The van der Waals surface area contributed by atoms with E-state index < -0.39 is 0 Å².